The maximum absolute atomic E-state index is 11.0. The molecule has 0 aromatic heterocycles. The molecule has 0 fully saturated rings. The zero-order valence-corrected chi connectivity index (χ0v) is 10.1. The number of aliphatic carboxylic acids is 3. The summed E-state index contributed by atoms with van der Waals surface area (Å²) in [6, 6.07) is -2.97. The van der Waals surface area contributed by atoms with E-state index in [9.17, 15) is 19.5 Å². The van der Waals surface area contributed by atoms with Crippen molar-refractivity contribution in [2.75, 3.05) is 7.05 Å². The number of carboxylic acid groups (broad SMARTS) is 3. The molecule has 0 aliphatic rings. The van der Waals surface area contributed by atoms with E-state index in [0.717, 1.165) is 4.90 Å². The van der Waals surface area contributed by atoms with E-state index < -0.39 is 36.1 Å². The quantitative estimate of drug-likeness (QED) is 0.441. The van der Waals surface area contributed by atoms with Gasteiger partial charge in [0.2, 0.25) is 0 Å². The molecule has 104 valence electrons. The van der Waals surface area contributed by atoms with Gasteiger partial charge in [-0.05, 0) is 13.5 Å². The Morgan fingerprint density at radius 1 is 1.06 bits per heavy atom. The van der Waals surface area contributed by atoms with Crippen LogP contribution in [-0.2, 0) is 14.4 Å². The van der Waals surface area contributed by atoms with Crippen molar-refractivity contribution in [3.8, 4) is 0 Å². The number of aliphatic hydroxyl groups is 1. The van der Waals surface area contributed by atoms with E-state index in [1.165, 1.54) is 7.05 Å². The van der Waals surface area contributed by atoms with Crippen LogP contribution in [0.25, 0.3) is 0 Å². The molecule has 0 amide bonds. The molecule has 0 aliphatic carbocycles. The highest BCUT2D eigenvalue weighted by Crippen LogP contribution is 2.13. The van der Waals surface area contributed by atoms with Gasteiger partial charge in [-0.25, -0.2) is 4.79 Å². The van der Waals surface area contributed by atoms with Crippen LogP contribution in [0, 0.1) is 0 Å². The van der Waals surface area contributed by atoms with Gasteiger partial charge in [-0.1, -0.05) is 13.3 Å². The Balaban J connectivity index is 5.16. The fourth-order valence-corrected chi connectivity index (χ4v) is 1.64. The number of carboxylic acids is 3. The van der Waals surface area contributed by atoms with Crippen LogP contribution in [0.5, 0.6) is 0 Å². The van der Waals surface area contributed by atoms with E-state index in [-0.39, 0.29) is 6.42 Å². The Bertz CT molecular complexity index is 330. The van der Waals surface area contributed by atoms with Crippen molar-refractivity contribution < 1.29 is 34.8 Å². The normalized spacial score (nSPS) is 16.0. The van der Waals surface area contributed by atoms with E-state index in [2.05, 4.69) is 0 Å². The van der Waals surface area contributed by atoms with Crippen molar-refractivity contribution in [3.05, 3.63) is 0 Å². The second kappa shape index (κ2) is 6.92. The maximum atomic E-state index is 11.0. The average Bonchev–Trinajstić information content (AvgIpc) is 2.24. The van der Waals surface area contributed by atoms with Crippen LogP contribution < -0.4 is 0 Å². The van der Waals surface area contributed by atoms with Gasteiger partial charge in [-0.2, -0.15) is 0 Å². The molecule has 0 bridgehead atoms. The molecule has 0 saturated heterocycles. The summed E-state index contributed by atoms with van der Waals surface area (Å²) in [5, 5.41) is 35.8. The second-order valence-electron chi connectivity index (χ2n) is 3.87. The van der Waals surface area contributed by atoms with Gasteiger partial charge in [0, 0.05) is 0 Å². The first-order valence-corrected chi connectivity index (χ1v) is 5.32. The number of hydrogen-bond donors (Lipinski definition) is 4. The van der Waals surface area contributed by atoms with Crippen molar-refractivity contribution in [3.63, 3.8) is 0 Å². The molecular formula is C10H17NO7. The fourth-order valence-electron chi connectivity index (χ4n) is 1.64. The molecule has 3 unspecified atom stereocenters. The average molecular weight is 263 g/mol. The smallest absolute Gasteiger partial charge is 0.334 e. The van der Waals surface area contributed by atoms with Crippen LogP contribution in [0.1, 0.15) is 19.8 Å². The van der Waals surface area contributed by atoms with Gasteiger partial charge in [-0.3, -0.25) is 14.5 Å². The molecule has 8 nitrogen and oxygen atoms in total. The Morgan fingerprint density at radius 2 is 1.56 bits per heavy atom. The first-order chi connectivity index (χ1) is 8.23. The van der Waals surface area contributed by atoms with Crippen molar-refractivity contribution in [2.24, 2.45) is 0 Å². The molecule has 0 saturated carbocycles. The van der Waals surface area contributed by atoms with Gasteiger partial charge in [0.15, 0.2) is 6.10 Å². The van der Waals surface area contributed by atoms with Crippen molar-refractivity contribution in [1.29, 1.82) is 0 Å². The molecule has 8 heteroatoms. The van der Waals surface area contributed by atoms with Crippen molar-refractivity contribution in [1.82, 2.24) is 4.90 Å². The zero-order chi connectivity index (χ0) is 14.5. The minimum Gasteiger partial charge on any atom is -0.480 e. The summed E-state index contributed by atoms with van der Waals surface area (Å²) in [7, 11) is 1.17. The highest BCUT2D eigenvalue weighted by Gasteiger charge is 2.40. The van der Waals surface area contributed by atoms with Gasteiger partial charge in [0.25, 0.3) is 0 Å². The molecule has 0 spiro atoms. The highest BCUT2D eigenvalue weighted by molar-refractivity contribution is 5.85. The van der Waals surface area contributed by atoms with E-state index in [4.69, 9.17) is 15.3 Å². The first-order valence-electron chi connectivity index (χ1n) is 5.32. The van der Waals surface area contributed by atoms with Crippen LogP contribution in [0.15, 0.2) is 0 Å². The van der Waals surface area contributed by atoms with Crippen LogP contribution in [0.3, 0.4) is 0 Å². The third-order valence-corrected chi connectivity index (χ3v) is 2.58. The maximum Gasteiger partial charge on any atom is 0.334 e. The van der Waals surface area contributed by atoms with Crippen LogP contribution in [-0.4, -0.2) is 68.5 Å². The topological polar surface area (TPSA) is 135 Å². The monoisotopic (exact) mass is 263 g/mol. The molecule has 18 heavy (non-hydrogen) atoms. The lowest BCUT2D eigenvalue weighted by atomic mass is 10.0. The lowest BCUT2D eigenvalue weighted by molar-refractivity contribution is -0.164. The zero-order valence-electron chi connectivity index (χ0n) is 10.1. The van der Waals surface area contributed by atoms with E-state index in [1.54, 1.807) is 6.92 Å². The minimum absolute atomic E-state index is 0.155. The Kier molecular flexibility index (Phi) is 6.28. The second-order valence-corrected chi connectivity index (χ2v) is 3.87. The molecular weight excluding hydrogens is 246 g/mol. The molecule has 0 aromatic carbocycles. The number of likely N-dealkylation sites (N-methyl/N-ethyl adjacent to an activating group) is 1. The van der Waals surface area contributed by atoms with Crippen LogP contribution >= 0.6 is 0 Å². The number of hydrogen-bond acceptors (Lipinski definition) is 5. The van der Waals surface area contributed by atoms with Gasteiger partial charge in [-0.15, -0.1) is 0 Å². The Hall–Kier alpha value is -1.67. The third-order valence-electron chi connectivity index (χ3n) is 2.58. The summed E-state index contributed by atoms with van der Waals surface area (Å²) in [6.45, 7) is 1.72. The van der Waals surface area contributed by atoms with Crippen molar-refractivity contribution in [2.45, 2.75) is 38.0 Å². The van der Waals surface area contributed by atoms with Gasteiger partial charge in [0.05, 0.1) is 0 Å². The number of rotatable bonds is 8. The SMILES string of the molecule is CCCC(C(=O)O)N(C)C(C(=O)O)C(O)C(=O)O. The lowest BCUT2D eigenvalue weighted by Gasteiger charge is -2.31. The third kappa shape index (κ3) is 3.97. The Morgan fingerprint density at radius 3 is 1.83 bits per heavy atom. The van der Waals surface area contributed by atoms with Gasteiger partial charge < -0.3 is 20.4 Å². The number of carbonyl (C=O) groups is 3. The predicted octanol–water partition coefficient (Wildman–Crippen LogP) is -0.930. The summed E-state index contributed by atoms with van der Waals surface area (Å²) in [4.78, 5) is 33.4. The first kappa shape index (κ1) is 16.3. The van der Waals surface area contributed by atoms with E-state index in [1.807, 2.05) is 0 Å². The summed E-state index contributed by atoms with van der Waals surface area (Å²) in [6.07, 6.45) is -1.55. The van der Waals surface area contributed by atoms with Gasteiger partial charge in [0.1, 0.15) is 12.1 Å². The predicted molar refractivity (Wildman–Crippen MR) is 59.2 cm³/mol. The lowest BCUT2D eigenvalue weighted by Crippen LogP contribution is -2.55. The standard InChI is InChI=1S/C10H17NO7/c1-3-4-5(8(13)14)11(2)6(9(15)16)7(12)10(17)18/h5-7,12H,3-4H2,1-2H3,(H,13,14)(H,15,16)(H,17,18). The summed E-state index contributed by atoms with van der Waals surface area (Å²) in [5.74, 6) is -4.56. The fraction of sp³-hybridized carbons (Fsp3) is 0.700. The van der Waals surface area contributed by atoms with Crippen LogP contribution in [0.2, 0.25) is 0 Å². The van der Waals surface area contributed by atoms with E-state index in [0.29, 0.717) is 6.42 Å². The van der Waals surface area contributed by atoms with Gasteiger partial charge >= 0.3 is 17.9 Å². The van der Waals surface area contributed by atoms with Crippen LogP contribution in [0.4, 0.5) is 0 Å². The minimum atomic E-state index is -2.19. The molecule has 0 aliphatic heterocycles. The molecule has 3 atom stereocenters. The largest absolute Gasteiger partial charge is 0.480 e. The number of nitrogens with zero attached hydrogens (tertiary/aromatic N) is 1. The summed E-state index contributed by atoms with van der Waals surface area (Å²) >= 11 is 0. The van der Waals surface area contributed by atoms with E-state index >= 15 is 0 Å². The molecule has 0 radical (unpaired) electrons. The van der Waals surface area contributed by atoms with Crippen molar-refractivity contribution >= 4 is 17.9 Å². The summed E-state index contributed by atoms with van der Waals surface area (Å²) < 4.78 is 0. The summed E-state index contributed by atoms with van der Waals surface area (Å²) in [5.41, 5.74) is 0. The number of aliphatic hydroxyl groups excluding tert-OH is 1. The highest BCUT2D eigenvalue weighted by atomic mass is 16.4. The molecule has 0 rings (SSSR count). The molecule has 4 N–H and O–H groups in total. The molecule has 0 aromatic rings. The Labute approximate surface area is 103 Å². The molecule has 0 heterocycles.